The van der Waals surface area contributed by atoms with Crippen LogP contribution in [0.3, 0.4) is 0 Å². The number of benzene rings is 1. The Labute approximate surface area is 105 Å². The molecule has 0 aliphatic heterocycles. The first-order valence-corrected chi connectivity index (χ1v) is 6.66. The lowest BCUT2D eigenvalue weighted by molar-refractivity contribution is 0.144. The first kappa shape index (κ1) is 12.1. The van der Waals surface area contributed by atoms with Gasteiger partial charge in [0.2, 0.25) is 0 Å². The van der Waals surface area contributed by atoms with Gasteiger partial charge in [0.15, 0.2) is 0 Å². The summed E-state index contributed by atoms with van der Waals surface area (Å²) in [6.07, 6.45) is 2.96. The zero-order chi connectivity index (χ0) is 11.5. The van der Waals surface area contributed by atoms with Gasteiger partial charge in [-0.1, -0.05) is 34.1 Å². The number of hydrogen-bond acceptors (Lipinski definition) is 2. The van der Waals surface area contributed by atoms with Crippen molar-refractivity contribution >= 4 is 15.9 Å². The summed E-state index contributed by atoms with van der Waals surface area (Å²) in [5, 5.41) is 13.3. The monoisotopic (exact) mass is 283 g/mol. The number of aliphatic hydroxyl groups excluding tert-OH is 1. The predicted octanol–water partition coefficient (Wildman–Crippen LogP) is 3.01. The van der Waals surface area contributed by atoms with Gasteiger partial charge in [-0.25, -0.2) is 0 Å². The van der Waals surface area contributed by atoms with Crippen LogP contribution in [-0.2, 0) is 0 Å². The van der Waals surface area contributed by atoms with Crippen molar-refractivity contribution in [1.82, 2.24) is 5.32 Å². The summed E-state index contributed by atoms with van der Waals surface area (Å²) in [6, 6.07) is 8.76. The molecule has 0 aromatic heterocycles. The van der Waals surface area contributed by atoms with E-state index in [0.717, 1.165) is 23.7 Å². The summed E-state index contributed by atoms with van der Waals surface area (Å²) < 4.78 is 1.13. The van der Waals surface area contributed by atoms with Gasteiger partial charge in [-0.3, -0.25) is 0 Å². The predicted molar refractivity (Wildman–Crippen MR) is 69.3 cm³/mol. The molecule has 2 rings (SSSR count). The van der Waals surface area contributed by atoms with Crippen molar-refractivity contribution in [2.45, 2.75) is 44.4 Å². The summed E-state index contributed by atoms with van der Waals surface area (Å²) in [5.41, 5.74) is 1.25. The van der Waals surface area contributed by atoms with E-state index >= 15 is 0 Å². The third kappa shape index (κ3) is 2.65. The molecule has 0 radical (unpaired) electrons. The molecule has 2 N–H and O–H groups in total. The molecule has 1 fully saturated rings. The Kier molecular flexibility index (Phi) is 4.00. The van der Waals surface area contributed by atoms with Crippen molar-refractivity contribution < 1.29 is 5.11 Å². The molecule has 0 amide bonds. The van der Waals surface area contributed by atoms with Gasteiger partial charge in [0.1, 0.15) is 0 Å². The molecule has 2 nitrogen and oxygen atoms in total. The van der Waals surface area contributed by atoms with E-state index in [4.69, 9.17) is 0 Å². The van der Waals surface area contributed by atoms with Gasteiger partial charge in [0, 0.05) is 16.6 Å². The lowest BCUT2D eigenvalue weighted by atomic mass is 10.1. The van der Waals surface area contributed by atoms with Crippen molar-refractivity contribution in [3.63, 3.8) is 0 Å². The molecule has 88 valence electrons. The highest BCUT2D eigenvalue weighted by Crippen LogP contribution is 2.26. The van der Waals surface area contributed by atoms with Gasteiger partial charge in [-0.15, -0.1) is 0 Å². The van der Waals surface area contributed by atoms with Crippen LogP contribution in [0.2, 0.25) is 0 Å². The normalized spacial score (nSPS) is 26.9. The van der Waals surface area contributed by atoms with Crippen LogP contribution in [-0.4, -0.2) is 17.3 Å². The maximum atomic E-state index is 9.78. The Morgan fingerprint density at radius 2 is 2.12 bits per heavy atom. The Bertz CT molecular complexity index is 356. The SMILES string of the molecule is C[C@H](NC1CCCC1O)c1ccccc1Br. The van der Waals surface area contributed by atoms with Crippen LogP contribution in [0.25, 0.3) is 0 Å². The average molecular weight is 284 g/mol. The Morgan fingerprint density at radius 3 is 2.75 bits per heavy atom. The quantitative estimate of drug-likeness (QED) is 0.894. The molecular weight excluding hydrogens is 266 g/mol. The minimum absolute atomic E-state index is 0.176. The smallest absolute Gasteiger partial charge is 0.0693 e. The van der Waals surface area contributed by atoms with Gasteiger partial charge in [0.25, 0.3) is 0 Å². The van der Waals surface area contributed by atoms with Crippen LogP contribution >= 0.6 is 15.9 Å². The fourth-order valence-electron chi connectivity index (χ4n) is 2.37. The van der Waals surface area contributed by atoms with Crippen molar-refractivity contribution in [2.24, 2.45) is 0 Å². The molecule has 0 spiro atoms. The molecule has 3 heteroatoms. The van der Waals surface area contributed by atoms with Crippen molar-refractivity contribution in [3.8, 4) is 0 Å². The maximum Gasteiger partial charge on any atom is 0.0693 e. The summed E-state index contributed by atoms with van der Waals surface area (Å²) in [7, 11) is 0. The third-order valence-electron chi connectivity index (χ3n) is 3.32. The van der Waals surface area contributed by atoms with Gasteiger partial charge in [-0.05, 0) is 37.8 Å². The van der Waals surface area contributed by atoms with Crippen LogP contribution < -0.4 is 5.32 Å². The van der Waals surface area contributed by atoms with Gasteiger partial charge in [-0.2, -0.15) is 0 Å². The zero-order valence-electron chi connectivity index (χ0n) is 9.49. The summed E-state index contributed by atoms with van der Waals surface area (Å²) in [5.74, 6) is 0. The second kappa shape index (κ2) is 5.30. The van der Waals surface area contributed by atoms with E-state index in [-0.39, 0.29) is 18.2 Å². The Morgan fingerprint density at radius 1 is 1.38 bits per heavy atom. The first-order valence-electron chi connectivity index (χ1n) is 5.87. The number of rotatable bonds is 3. The Hall–Kier alpha value is -0.380. The molecule has 1 aromatic rings. The summed E-state index contributed by atoms with van der Waals surface area (Å²) in [6.45, 7) is 2.14. The lowest BCUT2D eigenvalue weighted by Crippen LogP contribution is -2.37. The molecular formula is C13H18BrNO. The van der Waals surface area contributed by atoms with Crippen LogP contribution in [0.1, 0.15) is 37.8 Å². The highest BCUT2D eigenvalue weighted by Gasteiger charge is 2.26. The molecule has 1 aliphatic rings. The van der Waals surface area contributed by atoms with Crippen LogP contribution in [0.4, 0.5) is 0 Å². The van der Waals surface area contributed by atoms with E-state index in [9.17, 15) is 5.11 Å². The third-order valence-corrected chi connectivity index (χ3v) is 4.04. The van der Waals surface area contributed by atoms with E-state index in [1.165, 1.54) is 5.56 Å². The fourth-order valence-corrected chi connectivity index (χ4v) is 3.00. The van der Waals surface area contributed by atoms with Crippen LogP contribution in [0.5, 0.6) is 0 Å². The van der Waals surface area contributed by atoms with Gasteiger partial charge >= 0.3 is 0 Å². The topological polar surface area (TPSA) is 32.3 Å². The van der Waals surface area contributed by atoms with E-state index in [2.05, 4.69) is 40.3 Å². The van der Waals surface area contributed by atoms with Gasteiger partial charge in [0.05, 0.1) is 6.10 Å². The molecule has 3 atom stereocenters. The van der Waals surface area contributed by atoms with Crippen molar-refractivity contribution in [2.75, 3.05) is 0 Å². The molecule has 1 saturated carbocycles. The van der Waals surface area contributed by atoms with Crippen molar-refractivity contribution in [1.29, 1.82) is 0 Å². The van der Waals surface area contributed by atoms with E-state index in [0.29, 0.717) is 0 Å². The molecule has 0 saturated heterocycles. The number of aliphatic hydroxyl groups is 1. The summed E-state index contributed by atoms with van der Waals surface area (Å²) in [4.78, 5) is 0. The minimum atomic E-state index is -0.176. The molecule has 0 heterocycles. The molecule has 2 unspecified atom stereocenters. The molecule has 1 aliphatic carbocycles. The van der Waals surface area contributed by atoms with E-state index in [1.807, 2.05) is 12.1 Å². The minimum Gasteiger partial charge on any atom is -0.392 e. The standard InChI is InChI=1S/C13H18BrNO/c1-9(10-5-2-3-6-11(10)14)15-12-7-4-8-13(12)16/h2-3,5-6,9,12-13,15-16H,4,7-8H2,1H3/t9-,12?,13?/m0/s1. The number of halogens is 1. The molecule has 0 bridgehead atoms. The lowest BCUT2D eigenvalue weighted by Gasteiger charge is -2.23. The van der Waals surface area contributed by atoms with Crippen molar-refractivity contribution in [3.05, 3.63) is 34.3 Å². The fraction of sp³-hybridized carbons (Fsp3) is 0.538. The van der Waals surface area contributed by atoms with Gasteiger partial charge < -0.3 is 10.4 Å². The van der Waals surface area contributed by atoms with Crippen LogP contribution in [0.15, 0.2) is 28.7 Å². The molecule has 16 heavy (non-hydrogen) atoms. The number of hydrogen-bond donors (Lipinski definition) is 2. The van der Waals surface area contributed by atoms with Crippen LogP contribution in [0, 0.1) is 0 Å². The summed E-state index contributed by atoms with van der Waals surface area (Å²) >= 11 is 3.56. The van der Waals surface area contributed by atoms with E-state index in [1.54, 1.807) is 0 Å². The second-order valence-corrected chi connectivity index (χ2v) is 5.37. The largest absolute Gasteiger partial charge is 0.392 e. The average Bonchev–Trinajstić information content (AvgIpc) is 2.65. The maximum absolute atomic E-state index is 9.78. The second-order valence-electron chi connectivity index (χ2n) is 4.51. The van der Waals surface area contributed by atoms with E-state index < -0.39 is 0 Å². The first-order chi connectivity index (χ1) is 7.68. The highest BCUT2D eigenvalue weighted by molar-refractivity contribution is 9.10. The Balaban J connectivity index is 2.03. The number of nitrogens with one attached hydrogen (secondary N) is 1. The zero-order valence-corrected chi connectivity index (χ0v) is 11.1. The molecule has 1 aromatic carbocycles. The highest BCUT2D eigenvalue weighted by atomic mass is 79.9.